The molecule has 3 amide bonds. The number of carbonyl (C=O) groups excluding carboxylic acids is 3. The Morgan fingerprint density at radius 3 is 2.55 bits per heavy atom. The Labute approximate surface area is 225 Å². The van der Waals surface area contributed by atoms with Gasteiger partial charge >= 0.3 is 0 Å². The number of hydrogen-bond acceptors (Lipinski definition) is 6. The van der Waals surface area contributed by atoms with E-state index in [0.29, 0.717) is 30.0 Å². The molecule has 2 aliphatic heterocycles. The standard InChI is InChI=1S/C25H28ClFN4O6S/c26-17-4-9-22-20(15-17)24(33)29-10-2-12-30(16-23(32)28-11-14-37-22)25(34)21-3-1-13-31(21)38(35,36)19-7-5-18(27)6-8-19/h4-9,15,21H,1-3,10-14,16H2,(H,28,32)(H,29,33). The molecule has 0 bridgehead atoms. The molecule has 38 heavy (non-hydrogen) atoms. The maximum absolute atomic E-state index is 13.5. The van der Waals surface area contributed by atoms with Gasteiger partial charge in [-0.25, -0.2) is 12.8 Å². The van der Waals surface area contributed by atoms with Crippen molar-refractivity contribution in [2.75, 3.05) is 39.3 Å². The summed E-state index contributed by atoms with van der Waals surface area (Å²) in [6, 6.07) is 8.10. The maximum Gasteiger partial charge on any atom is 0.255 e. The fourth-order valence-corrected chi connectivity index (χ4v) is 6.27. The van der Waals surface area contributed by atoms with Crippen LogP contribution in [0.1, 0.15) is 29.6 Å². The first-order valence-corrected chi connectivity index (χ1v) is 14.0. The summed E-state index contributed by atoms with van der Waals surface area (Å²) in [7, 11) is -4.06. The van der Waals surface area contributed by atoms with Crippen molar-refractivity contribution in [2.24, 2.45) is 0 Å². The largest absolute Gasteiger partial charge is 0.491 e. The van der Waals surface area contributed by atoms with Gasteiger partial charge in [-0.3, -0.25) is 14.4 Å². The Morgan fingerprint density at radius 2 is 1.79 bits per heavy atom. The minimum absolute atomic E-state index is 0.0773. The van der Waals surface area contributed by atoms with Crippen molar-refractivity contribution in [1.29, 1.82) is 0 Å². The Kier molecular flexibility index (Phi) is 8.85. The smallest absolute Gasteiger partial charge is 0.255 e. The predicted octanol–water partition coefficient (Wildman–Crippen LogP) is 1.79. The van der Waals surface area contributed by atoms with Gasteiger partial charge in [0.15, 0.2) is 0 Å². The highest BCUT2D eigenvalue weighted by Gasteiger charge is 2.41. The van der Waals surface area contributed by atoms with Gasteiger partial charge in [-0.15, -0.1) is 0 Å². The van der Waals surface area contributed by atoms with Gasteiger partial charge < -0.3 is 20.3 Å². The van der Waals surface area contributed by atoms with E-state index in [1.54, 1.807) is 12.1 Å². The van der Waals surface area contributed by atoms with E-state index >= 15 is 0 Å². The number of amides is 3. The number of nitrogens with zero attached hydrogens (tertiary/aromatic N) is 2. The van der Waals surface area contributed by atoms with Crippen LogP contribution in [0.4, 0.5) is 4.39 Å². The number of ether oxygens (including phenoxy) is 1. The molecule has 13 heteroatoms. The summed E-state index contributed by atoms with van der Waals surface area (Å²) in [5.74, 6) is -1.56. The zero-order valence-corrected chi connectivity index (χ0v) is 22.1. The third kappa shape index (κ3) is 6.43. The molecule has 0 saturated carbocycles. The third-order valence-electron chi connectivity index (χ3n) is 6.31. The van der Waals surface area contributed by atoms with Gasteiger partial charge in [-0.05, 0) is 61.7 Å². The molecule has 1 unspecified atom stereocenters. The molecule has 0 aliphatic carbocycles. The number of halogens is 2. The maximum atomic E-state index is 13.5. The van der Waals surface area contributed by atoms with E-state index in [0.717, 1.165) is 28.6 Å². The number of fused-ring (bicyclic) bond motifs is 1. The minimum Gasteiger partial charge on any atom is -0.491 e. The van der Waals surface area contributed by atoms with Gasteiger partial charge in [0.2, 0.25) is 21.8 Å². The lowest BCUT2D eigenvalue weighted by atomic mass is 10.1. The molecule has 2 aliphatic rings. The molecule has 2 heterocycles. The van der Waals surface area contributed by atoms with Crippen LogP contribution in [0.5, 0.6) is 5.75 Å². The molecule has 0 aromatic heterocycles. The average Bonchev–Trinajstić information content (AvgIpc) is 3.39. The van der Waals surface area contributed by atoms with Crippen LogP contribution in [0.15, 0.2) is 47.4 Å². The zero-order chi connectivity index (χ0) is 27.3. The summed E-state index contributed by atoms with van der Waals surface area (Å²) < 4.78 is 46.6. The third-order valence-corrected chi connectivity index (χ3v) is 8.47. The SMILES string of the molecule is O=C1CN(C(=O)C2CCCN2S(=O)(=O)c2ccc(F)cc2)CCCNC(=O)c2cc(Cl)ccc2OCCN1. The molecule has 1 saturated heterocycles. The monoisotopic (exact) mass is 566 g/mol. The van der Waals surface area contributed by atoms with E-state index in [1.807, 2.05) is 0 Å². The van der Waals surface area contributed by atoms with Crippen LogP contribution >= 0.6 is 11.6 Å². The fourth-order valence-electron chi connectivity index (χ4n) is 4.45. The van der Waals surface area contributed by atoms with Gasteiger partial charge in [0.25, 0.3) is 5.91 Å². The number of rotatable bonds is 3. The molecule has 2 aromatic carbocycles. The summed E-state index contributed by atoms with van der Waals surface area (Å²) in [6.45, 7) is 0.364. The molecular formula is C25H28ClFN4O6S. The first-order valence-electron chi connectivity index (χ1n) is 12.2. The van der Waals surface area contributed by atoms with Crippen LogP contribution in [-0.2, 0) is 19.6 Å². The summed E-state index contributed by atoms with van der Waals surface area (Å²) in [5.41, 5.74) is 0.251. The van der Waals surface area contributed by atoms with E-state index in [4.69, 9.17) is 16.3 Å². The molecule has 0 spiro atoms. The van der Waals surface area contributed by atoms with Gasteiger partial charge in [-0.1, -0.05) is 11.6 Å². The van der Waals surface area contributed by atoms with Crippen molar-refractivity contribution >= 4 is 39.3 Å². The highest BCUT2D eigenvalue weighted by Crippen LogP contribution is 2.28. The Balaban J connectivity index is 1.50. The van der Waals surface area contributed by atoms with E-state index in [2.05, 4.69) is 10.6 Å². The quantitative estimate of drug-likeness (QED) is 0.583. The molecule has 204 valence electrons. The molecule has 10 nitrogen and oxygen atoms in total. The van der Waals surface area contributed by atoms with Crippen molar-refractivity contribution in [3.8, 4) is 5.75 Å². The van der Waals surface area contributed by atoms with Gasteiger partial charge in [0, 0.05) is 24.7 Å². The van der Waals surface area contributed by atoms with E-state index < -0.39 is 39.6 Å². The number of hydrogen-bond donors (Lipinski definition) is 2. The highest BCUT2D eigenvalue weighted by atomic mass is 35.5. The van der Waals surface area contributed by atoms with Crippen molar-refractivity contribution < 1.29 is 31.9 Å². The van der Waals surface area contributed by atoms with Crippen LogP contribution in [0.2, 0.25) is 5.02 Å². The number of sulfonamides is 1. The van der Waals surface area contributed by atoms with Crippen molar-refractivity contribution in [1.82, 2.24) is 19.8 Å². The lowest BCUT2D eigenvalue weighted by molar-refractivity contribution is -0.138. The van der Waals surface area contributed by atoms with Crippen LogP contribution in [0, 0.1) is 5.82 Å². The first kappa shape index (κ1) is 27.8. The molecule has 0 radical (unpaired) electrons. The number of carbonyl (C=O) groups is 3. The molecule has 2 N–H and O–H groups in total. The summed E-state index contributed by atoms with van der Waals surface area (Å²) in [6.07, 6.45) is 1.07. The van der Waals surface area contributed by atoms with Gasteiger partial charge in [0.1, 0.15) is 24.2 Å². The van der Waals surface area contributed by atoms with Crippen LogP contribution < -0.4 is 15.4 Å². The lowest BCUT2D eigenvalue weighted by Crippen LogP contribution is -2.51. The van der Waals surface area contributed by atoms with Crippen molar-refractivity contribution in [2.45, 2.75) is 30.2 Å². The molecular weight excluding hydrogens is 539 g/mol. The molecule has 1 fully saturated rings. The zero-order valence-electron chi connectivity index (χ0n) is 20.5. The van der Waals surface area contributed by atoms with E-state index in [1.165, 1.54) is 11.0 Å². The van der Waals surface area contributed by atoms with Gasteiger partial charge in [-0.2, -0.15) is 4.31 Å². The Bertz CT molecular complexity index is 1310. The van der Waals surface area contributed by atoms with Gasteiger partial charge in [0.05, 0.1) is 23.5 Å². The number of benzene rings is 2. The second-order valence-electron chi connectivity index (χ2n) is 8.94. The average molecular weight is 567 g/mol. The van der Waals surface area contributed by atoms with Crippen molar-refractivity contribution in [3.05, 3.63) is 58.9 Å². The predicted molar refractivity (Wildman–Crippen MR) is 137 cm³/mol. The number of nitrogens with one attached hydrogen (secondary N) is 2. The van der Waals surface area contributed by atoms with E-state index in [9.17, 15) is 27.2 Å². The fraction of sp³-hybridized carbons (Fsp3) is 0.400. The molecule has 1 atom stereocenters. The molecule has 2 aromatic rings. The minimum atomic E-state index is -4.06. The second-order valence-corrected chi connectivity index (χ2v) is 11.3. The van der Waals surface area contributed by atoms with E-state index in [-0.39, 0.29) is 49.8 Å². The highest BCUT2D eigenvalue weighted by molar-refractivity contribution is 7.89. The van der Waals surface area contributed by atoms with Crippen LogP contribution in [-0.4, -0.2) is 80.7 Å². The Hall–Kier alpha value is -3.22. The second kappa shape index (κ2) is 12.1. The summed E-state index contributed by atoms with van der Waals surface area (Å²) in [5, 5.41) is 5.82. The van der Waals surface area contributed by atoms with Crippen LogP contribution in [0.3, 0.4) is 0 Å². The molecule has 4 rings (SSSR count). The van der Waals surface area contributed by atoms with Crippen LogP contribution in [0.25, 0.3) is 0 Å². The van der Waals surface area contributed by atoms with Crippen molar-refractivity contribution in [3.63, 3.8) is 0 Å². The first-order chi connectivity index (χ1) is 18.2. The Morgan fingerprint density at radius 1 is 1.03 bits per heavy atom. The lowest BCUT2D eigenvalue weighted by Gasteiger charge is -2.30. The normalized spacial score (nSPS) is 20.1. The topological polar surface area (TPSA) is 125 Å². The summed E-state index contributed by atoms with van der Waals surface area (Å²) in [4.78, 5) is 40.1. The summed E-state index contributed by atoms with van der Waals surface area (Å²) >= 11 is 6.04.